The molecule has 0 aliphatic carbocycles. The standard InChI is InChI=1S/C10H16N2O3S.ClH/c1-12(16(3,13)14)10-6-9(15-2)5-4-8(10)7-11;/h4-6H,7,11H2,1-3H3;1H. The molecule has 1 aromatic rings. The van der Waals surface area contributed by atoms with Crippen molar-refractivity contribution in [2.75, 3.05) is 24.7 Å². The number of benzene rings is 1. The van der Waals surface area contributed by atoms with Gasteiger partial charge in [0.2, 0.25) is 10.0 Å². The Morgan fingerprint density at radius 3 is 2.41 bits per heavy atom. The second-order valence-corrected chi connectivity index (χ2v) is 5.44. The Balaban J connectivity index is 0.00000256. The van der Waals surface area contributed by atoms with Crippen molar-refractivity contribution in [1.29, 1.82) is 0 Å². The molecule has 0 saturated carbocycles. The first kappa shape index (κ1) is 16.0. The first-order chi connectivity index (χ1) is 7.40. The molecule has 0 aliphatic rings. The van der Waals surface area contributed by atoms with Crippen molar-refractivity contribution in [2.45, 2.75) is 6.54 Å². The topological polar surface area (TPSA) is 72.6 Å². The van der Waals surface area contributed by atoms with E-state index in [2.05, 4.69) is 0 Å². The molecule has 0 spiro atoms. The highest BCUT2D eigenvalue weighted by atomic mass is 35.5. The van der Waals surface area contributed by atoms with Crippen LogP contribution in [0.15, 0.2) is 18.2 Å². The van der Waals surface area contributed by atoms with Crippen LogP contribution in [-0.4, -0.2) is 28.8 Å². The Hall–Kier alpha value is -0.980. The van der Waals surface area contributed by atoms with E-state index < -0.39 is 10.0 Å². The molecule has 1 aromatic carbocycles. The van der Waals surface area contributed by atoms with Crippen LogP contribution in [0.4, 0.5) is 5.69 Å². The quantitative estimate of drug-likeness (QED) is 0.892. The number of hydrogen-bond acceptors (Lipinski definition) is 4. The second-order valence-electron chi connectivity index (χ2n) is 3.43. The summed E-state index contributed by atoms with van der Waals surface area (Å²) in [5.41, 5.74) is 6.86. The van der Waals surface area contributed by atoms with Gasteiger partial charge in [0.05, 0.1) is 19.1 Å². The molecule has 0 aromatic heterocycles. The summed E-state index contributed by atoms with van der Waals surface area (Å²) in [6.45, 7) is 0.277. The number of sulfonamides is 1. The van der Waals surface area contributed by atoms with Gasteiger partial charge >= 0.3 is 0 Å². The van der Waals surface area contributed by atoms with Crippen LogP contribution in [0.3, 0.4) is 0 Å². The van der Waals surface area contributed by atoms with Crippen LogP contribution in [-0.2, 0) is 16.6 Å². The smallest absolute Gasteiger partial charge is 0.232 e. The Morgan fingerprint density at radius 2 is 2.00 bits per heavy atom. The molecule has 0 radical (unpaired) electrons. The van der Waals surface area contributed by atoms with E-state index in [0.29, 0.717) is 11.4 Å². The molecule has 0 unspecified atom stereocenters. The Bertz CT molecular complexity index is 476. The Kier molecular flexibility index (Phi) is 5.74. The molecule has 5 nitrogen and oxygen atoms in total. The van der Waals surface area contributed by atoms with E-state index in [1.165, 1.54) is 18.5 Å². The lowest BCUT2D eigenvalue weighted by Gasteiger charge is -2.20. The van der Waals surface area contributed by atoms with Gasteiger partial charge in [-0.3, -0.25) is 4.31 Å². The monoisotopic (exact) mass is 280 g/mol. The van der Waals surface area contributed by atoms with Crippen molar-refractivity contribution in [3.63, 3.8) is 0 Å². The van der Waals surface area contributed by atoms with Crippen molar-refractivity contribution in [3.8, 4) is 5.75 Å². The lowest BCUT2D eigenvalue weighted by molar-refractivity contribution is 0.415. The maximum atomic E-state index is 11.4. The van der Waals surface area contributed by atoms with Crippen LogP contribution < -0.4 is 14.8 Å². The van der Waals surface area contributed by atoms with E-state index in [1.807, 2.05) is 0 Å². The van der Waals surface area contributed by atoms with E-state index in [1.54, 1.807) is 18.2 Å². The molecule has 0 amide bonds. The Labute approximate surface area is 108 Å². The molecule has 0 atom stereocenters. The van der Waals surface area contributed by atoms with Crippen LogP contribution >= 0.6 is 12.4 Å². The maximum Gasteiger partial charge on any atom is 0.232 e. The van der Waals surface area contributed by atoms with Gasteiger partial charge in [-0.25, -0.2) is 8.42 Å². The van der Waals surface area contributed by atoms with Crippen molar-refractivity contribution in [1.82, 2.24) is 0 Å². The fourth-order valence-corrected chi connectivity index (χ4v) is 1.84. The van der Waals surface area contributed by atoms with Gasteiger partial charge in [0.15, 0.2) is 0 Å². The molecular formula is C10H17ClN2O3S. The summed E-state index contributed by atoms with van der Waals surface area (Å²) < 4.78 is 29.1. The lowest BCUT2D eigenvalue weighted by atomic mass is 10.1. The molecule has 0 bridgehead atoms. The van der Waals surface area contributed by atoms with Crippen LogP contribution in [0.25, 0.3) is 0 Å². The molecule has 7 heteroatoms. The number of anilines is 1. The third kappa shape index (κ3) is 3.76. The predicted molar refractivity (Wildman–Crippen MR) is 71.4 cm³/mol. The SMILES string of the molecule is COc1ccc(CN)c(N(C)S(C)(=O)=O)c1.Cl. The first-order valence-electron chi connectivity index (χ1n) is 4.71. The van der Waals surface area contributed by atoms with Gasteiger partial charge < -0.3 is 10.5 Å². The van der Waals surface area contributed by atoms with E-state index >= 15 is 0 Å². The number of halogens is 1. The predicted octanol–water partition coefficient (Wildman–Crippen LogP) is 0.972. The number of hydrogen-bond donors (Lipinski definition) is 1. The third-order valence-electron chi connectivity index (χ3n) is 2.35. The van der Waals surface area contributed by atoms with Gasteiger partial charge in [0, 0.05) is 19.7 Å². The van der Waals surface area contributed by atoms with Gasteiger partial charge in [0.25, 0.3) is 0 Å². The summed E-state index contributed by atoms with van der Waals surface area (Å²) in [7, 11) is -0.272. The lowest BCUT2D eigenvalue weighted by Crippen LogP contribution is -2.26. The molecule has 98 valence electrons. The average molecular weight is 281 g/mol. The molecule has 0 saturated heterocycles. The highest BCUT2D eigenvalue weighted by molar-refractivity contribution is 7.92. The molecule has 0 heterocycles. The number of methoxy groups -OCH3 is 1. The molecule has 2 N–H and O–H groups in total. The van der Waals surface area contributed by atoms with Crippen molar-refractivity contribution >= 4 is 28.1 Å². The van der Waals surface area contributed by atoms with Gasteiger partial charge in [-0.15, -0.1) is 12.4 Å². The summed E-state index contributed by atoms with van der Waals surface area (Å²) in [6.07, 6.45) is 1.15. The summed E-state index contributed by atoms with van der Waals surface area (Å²) in [4.78, 5) is 0. The van der Waals surface area contributed by atoms with E-state index in [9.17, 15) is 8.42 Å². The molecule has 1 rings (SSSR count). The number of ether oxygens (including phenoxy) is 1. The summed E-state index contributed by atoms with van der Waals surface area (Å²) in [5, 5.41) is 0. The number of nitrogens with two attached hydrogens (primary N) is 1. The minimum Gasteiger partial charge on any atom is -0.497 e. The van der Waals surface area contributed by atoms with Gasteiger partial charge in [-0.1, -0.05) is 6.07 Å². The number of rotatable bonds is 4. The van der Waals surface area contributed by atoms with Crippen molar-refractivity contribution in [2.24, 2.45) is 5.73 Å². The van der Waals surface area contributed by atoms with Crippen molar-refractivity contribution in [3.05, 3.63) is 23.8 Å². The molecule has 0 aliphatic heterocycles. The molecule has 17 heavy (non-hydrogen) atoms. The van der Waals surface area contributed by atoms with E-state index in [0.717, 1.165) is 11.8 Å². The van der Waals surface area contributed by atoms with Crippen LogP contribution in [0.2, 0.25) is 0 Å². The zero-order valence-corrected chi connectivity index (χ0v) is 11.6. The Morgan fingerprint density at radius 1 is 1.41 bits per heavy atom. The van der Waals surface area contributed by atoms with Crippen LogP contribution in [0.5, 0.6) is 5.75 Å². The highest BCUT2D eigenvalue weighted by Crippen LogP contribution is 2.26. The van der Waals surface area contributed by atoms with Gasteiger partial charge in [-0.2, -0.15) is 0 Å². The minimum absolute atomic E-state index is 0. The summed E-state index contributed by atoms with van der Waals surface area (Å²) in [5.74, 6) is 0.600. The number of nitrogens with zero attached hydrogens (tertiary/aromatic N) is 1. The van der Waals surface area contributed by atoms with Gasteiger partial charge in [0.1, 0.15) is 5.75 Å². The first-order valence-corrected chi connectivity index (χ1v) is 6.56. The van der Waals surface area contributed by atoms with Crippen molar-refractivity contribution < 1.29 is 13.2 Å². The maximum absolute atomic E-state index is 11.4. The summed E-state index contributed by atoms with van der Waals surface area (Å²) >= 11 is 0. The zero-order chi connectivity index (χ0) is 12.3. The highest BCUT2D eigenvalue weighted by Gasteiger charge is 2.15. The summed E-state index contributed by atoms with van der Waals surface area (Å²) in [6, 6.07) is 5.17. The average Bonchev–Trinajstić information content (AvgIpc) is 2.25. The van der Waals surface area contributed by atoms with E-state index in [4.69, 9.17) is 10.5 Å². The fourth-order valence-electron chi connectivity index (χ4n) is 1.32. The third-order valence-corrected chi connectivity index (χ3v) is 3.54. The molecule has 0 fully saturated rings. The van der Waals surface area contributed by atoms with E-state index in [-0.39, 0.29) is 19.0 Å². The largest absolute Gasteiger partial charge is 0.497 e. The second kappa shape index (κ2) is 6.09. The van der Waals surface area contributed by atoms with Crippen LogP contribution in [0.1, 0.15) is 5.56 Å². The minimum atomic E-state index is -3.29. The fraction of sp³-hybridized carbons (Fsp3) is 0.400. The zero-order valence-electron chi connectivity index (χ0n) is 10.0. The molecular weight excluding hydrogens is 264 g/mol. The van der Waals surface area contributed by atoms with Crippen LogP contribution in [0, 0.1) is 0 Å². The normalized spacial score (nSPS) is 10.6. The van der Waals surface area contributed by atoms with Gasteiger partial charge in [-0.05, 0) is 11.6 Å².